The third kappa shape index (κ3) is 0.999. The molecule has 7 rings (SSSR count). The van der Waals surface area contributed by atoms with Crippen LogP contribution in [0.25, 0.3) is 0 Å². The molecule has 0 N–H and O–H groups in total. The number of rotatable bonds is 2. The highest BCUT2D eigenvalue weighted by molar-refractivity contribution is 5.20. The van der Waals surface area contributed by atoms with Gasteiger partial charge in [-0.3, -0.25) is 20.2 Å². The molecular formula is C14H18N2O4. The Balaban J connectivity index is 1.61. The zero-order valence-electron chi connectivity index (χ0n) is 11.2. The Morgan fingerprint density at radius 3 is 0.950 bits per heavy atom. The summed E-state index contributed by atoms with van der Waals surface area (Å²) in [6.45, 7) is 0. The number of hydrogen-bond donors (Lipinski definition) is 0. The van der Waals surface area contributed by atoms with Crippen LogP contribution in [-0.4, -0.2) is 20.9 Å². The van der Waals surface area contributed by atoms with E-state index in [2.05, 4.69) is 0 Å². The number of nitro groups is 2. The molecule has 6 nitrogen and oxygen atoms in total. The summed E-state index contributed by atoms with van der Waals surface area (Å²) in [5.74, 6) is 2.43. The summed E-state index contributed by atoms with van der Waals surface area (Å²) in [5.41, 5.74) is -1.34. The molecule has 0 saturated heterocycles. The van der Waals surface area contributed by atoms with Crippen LogP contribution in [0.15, 0.2) is 0 Å². The van der Waals surface area contributed by atoms with E-state index in [1.807, 2.05) is 0 Å². The molecule has 0 aromatic heterocycles. The molecule has 0 radical (unpaired) electrons. The van der Waals surface area contributed by atoms with E-state index in [1.165, 1.54) is 0 Å². The highest BCUT2D eigenvalue weighted by atomic mass is 16.6. The molecule has 0 unspecified atom stereocenters. The first kappa shape index (κ1) is 11.5. The van der Waals surface area contributed by atoms with Gasteiger partial charge in [0.15, 0.2) is 0 Å². The van der Waals surface area contributed by atoms with E-state index in [9.17, 15) is 20.2 Å². The normalized spacial score (nSPS) is 61.0. The quantitative estimate of drug-likeness (QED) is 0.572. The highest BCUT2D eigenvalue weighted by Crippen LogP contribution is 2.73. The Morgan fingerprint density at radius 2 is 0.800 bits per heavy atom. The monoisotopic (exact) mass is 278 g/mol. The zero-order chi connectivity index (χ0) is 13.9. The second kappa shape index (κ2) is 3.02. The van der Waals surface area contributed by atoms with Gasteiger partial charge >= 0.3 is 0 Å². The van der Waals surface area contributed by atoms with Gasteiger partial charge < -0.3 is 0 Å². The molecule has 7 saturated carbocycles. The Hall–Kier alpha value is -1.20. The van der Waals surface area contributed by atoms with Crippen LogP contribution >= 0.6 is 0 Å². The molecule has 0 atom stereocenters. The summed E-state index contributed by atoms with van der Waals surface area (Å²) in [6, 6.07) is 0. The van der Waals surface area contributed by atoms with Crippen LogP contribution in [0.3, 0.4) is 0 Å². The summed E-state index contributed by atoms with van der Waals surface area (Å²) in [4.78, 5) is 23.1. The maximum absolute atomic E-state index is 11.6. The lowest BCUT2D eigenvalue weighted by Gasteiger charge is -2.70. The Kier molecular flexibility index (Phi) is 1.73. The topological polar surface area (TPSA) is 86.3 Å². The Bertz CT molecular complexity index is 434. The van der Waals surface area contributed by atoms with Crippen LogP contribution in [-0.2, 0) is 0 Å². The van der Waals surface area contributed by atoms with Gasteiger partial charge in [0.1, 0.15) is 0 Å². The van der Waals surface area contributed by atoms with Crippen molar-refractivity contribution in [3.05, 3.63) is 20.2 Å². The van der Waals surface area contributed by atoms with Crippen LogP contribution in [0.1, 0.15) is 38.5 Å². The first-order chi connectivity index (χ1) is 9.46. The Labute approximate surface area is 116 Å². The van der Waals surface area contributed by atoms with Crippen molar-refractivity contribution in [2.75, 3.05) is 0 Å². The van der Waals surface area contributed by atoms with E-state index in [-0.39, 0.29) is 9.85 Å². The largest absolute Gasteiger partial charge is 0.264 e. The lowest BCUT2D eigenvalue weighted by molar-refractivity contribution is -0.621. The lowest BCUT2D eigenvalue weighted by Crippen LogP contribution is -2.73. The summed E-state index contributed by atoms with van der Waals surface area (Å²) in [5, 5.41) is 23.1. The molecule has 20 heavy (non-hydrogen) atoms. The minimum atomic E-state index is -0.671. The predicted octanol–water partition coefficient (Wildman–Crippen LogP) is 2.12. The van der Waals surface area contributed by atoms with E-state index in [4.69, 9.17) is 0 Å². The molecule has 0 heterocycles. The average Bonchev–Trinajstić information content (AvgIpc) is 2.43. The molecule has 6 heteroatoms. The van der Waals surface area contributed by atoms with Gasteiger partial charge in [0.25, 0.3) is 0 Å². The second-order valence-electron chi connectivity index (χ2n) is 8.17. The molecule has 7 fully saturated rings. The standard InChI is InChI=1S/C14H18N2O4/c17-15(18)13-1-7-8-4-14(16(19)20)5-9(7)11(3-13)12(6-14)10(8)2-13/h7-12H,1-6H2. The molecular weight excluding hydrogens is 260 g/mol. The Morgan fingerprint density at radius 1 is 0.600 bits per heavy atom. The van der Waals surface area contributed by atoms with Gasteiger partial charge in [0.2, 0.25) is 11.1 Å². The maximum atomic E-state index is 11.6. The predicted molar refractivity (Wildman–Crippen MR) is 68.1 cm³/mol. The van der Waals surface area contributed by atoms with Crippen LogP contribution in [0, 0.1) is 55.7 Å². The van der Waals surface area contributed by atoms with Crippen molar-refractivity contribution in [2.45, 2.75) is 49.6 Å². The summed E-state index contributed by atoms with van der Waals surface area (Å²) in [7, 11) is 0. The van der Waals surface area contributed by atoms with Gasteiger partial charge in [0, 0.05) is 48.4 Å². The fourth-order valence-corrected chi connectivity index (χ4v) is 7.30. The fraction of sp³-hybridized carbons (Fsp3) is 1.00. The SMILES string of the molecule is O=[N+]([O-])C12CC3C4CC5([N+](=O)[O-])CC3C(C1)C(C5)C4C2. The second-order valence-corrected chi connectivity index (χ2v) is 8.17. The summed E-state index contributed by atoms with van der Waals surface area (Å²) in [6.07, 6.45) is 4.18. The van der Waals surface area contributed by atoms with Crippen molar-refractivity contribution in [3.8, 4) is 0 Å². The van der Waals surface area contributed by atoms with E-state index >= 15 is 0 Å². The van der Waals surface area contributed by atoms with Gasteiger partial charge in [-0.05, 0) is 35.5 Å². The molecule has 0 aromatic rings. The van der Waals surface area contributed by atoms with E-state index in [1.54, 1.807) is 0 Å². The lowest BCUT2D eigenvalue weighted by atomic mass is 9.33. The summed E-state index contributed by atoms with van der Waals surface area (Å²) < 4.78 is 0. The number of hydrogen-bond acceptors (Lipinski definition) is 4. The maximum Gasteiger partial charge on any atom is 0.223 e. The average molecular weight is 278 g/mol. The van der Waals surface area contributed by atoms with Crippen LogP contribution in [0.4, 0.5) is 0 Å². The van der Waals surface area contributed by atoms with Gasteiger partial charge in [-0.1, -0.05) is 0 Å². The molecule has 0 amide bonds. The summed E-state index contributed by atoms with van der Waals surface area (Å²) >= 11 is 0. The van der Waals surface area contributed by atoms with Gasteiger partial charge in [0.05, 0.1) is 0 Å². The van der Waals surface area contributed by atoms with Crippen LogP contribution in [0.2, 0.25) is 0 Å². The minimum absolute atomic E-state index is 0.00732. The van der Waals surface area contributed by atoms with Gasteiger partial charge in [-0.15, -0.1) is 0 Å². The molecule has 0 aromatic carbocycles. The molecule has 7 aliphatic carbocycles. The van der Waals surface area contributed by atoms with Crippen molar-refractivity contribution in [3.63, 3.8) is 0 Å². The van der Waals surface area contributed by atoms with Crippen molar-refractivity contribution < 1.29 is 9.85 Å². The molecule has 108 valence electrons. The smallest absolute Gasteiger partial charge is 0.223 e. The third-order valence-electron chi connectivity index (χ3n) is 7.77. The van der Waals surface area contributed by atoms with Crippen molar-refractivity contribution in [2.24, 2.45) is 35.5 Å². The van der Waals surface area contributed by atoms with Crippen LogP contribution < -0.4 is 0 Å². The highest BCUT2D eigenvalue weighted by Gasteiger charge is 2.76. The molecule has 0 spiro atoms. The minimum Gasteiger partial charge on any atom is -0.264 e. The molecule has 0 aliphatic heterocycles. The zero-order valence-corrected chi connectivity index (χ0v) is 11.2. The fourth-order valence-electron chi connectivity index (χ4n) is 7.30. The van der Waals surface area contributed by atoms with E-state index < -0.39 is 11.1 Å². The van der Waals surface area contributed by atoms with Crippen molar-refractivity contribution >= 4 is 0 Å². The number of nitrogens with zero attached hydrogens (tertiary/aromatic N) is 2. The van der Waals surface area contributed by atoms with Gasteiger partial charge in [-0.25, -0.2) is 0 Å². The van der Waals surface area contributed by atoms with E-state index in [0.29, 0.717) is 74.0 Å². The van der Waals surface area contributed by atoms with Crippen molar-refractivity contribution in [1.82, 2.24) is 0 Å². The molecule has 7 aliphatic rings. The van der Waals surface area contributed by atoms with Crippen LogP contribution in [0.5, 0.6) is 0 Å². The van der Waals surface area contributed by atoms with Gasteiger partial charge in [-0.2, -0.15) is 0 Å². The van der Waals surface area contributed by atoms with E-state index in [0.717, 1.165) is 0 Å². The molecule has 8 bridgehead atoms. The first-order valence-corrected chi connectivity index (χ1v) is 7.75. The first-order valence-electron chi connectivity index (χ1n) is 7.75. The van der Waals surface area contributed by atoms with Crippen molar-refractivity contribution in [1.29, 1.82) is 0 Å². The third-order valence-corrected chi connectivity index (χ3v) is 7.77.